The first-order valence-corrected chi connectivity index (χ1v) is 7.24. The van der Waals surface area contributed by atoms with Gasteiger partial charge in [0.25, 0.3) is 5.91 Å². The third-order valence-electron chi connectivity index (χ3n) is 3.97. The fourth-order valence-electron chi connectivity index (χ4n) is 2.84. The Morgan fingerprint density at radius 1 is 1.25 bits per heavy atom. The fraction of sp³-hybridized carbons (Fsp3) is 0.118. The Balaban J connectivity index is 0.00000169. The molecule has 0 spiro atoms. The molecular weight excluding hydrogens is 331 g/mol. The highest BCUT2D eigenvalue weighted by atomic mass is 35.5. The Labute approximate surface area is 143 Å². The van der Waals surface area contributed by atoms with E-state index in [9.17, 15) is 9.18 Å². The maximum absolute atomic E-state index is 13.6. The summed E-state index contributed by atoms with van der Waals surface area (Å²) in [6.07, 6.45) is 4.44. The zero-order valence-electron chi connectivity index (χ0n) is 12.6. The largest absolute Gasteiger partial charge is 0.366 e. The monoisotopic (exact) mass is 344 g/mol. The average molecular weight is 345 g/mol. The maximum atomic E-state index is 13.6. The van der Waals surface area contributed by atoms with Gasteiger partial charge in [0.2, 0.25) is 0 Å². The molecule has 1 amide bonds. The summed E-state index contributed by atoms with van der Waals surface area (Å²) in [6.45, 7) is 0.772. The summed E-state index contributed by atoms with van der Waals surface area (Å²) in [5, 5.41) is 4.95. The van der Waals surface area contributed by atoms with Crippen molar-refractivity contribution in [1.82, 2.24) is 9.78 Å². The van der Waals surface area contributed by atoms with Crippen LogP contribution in [0.4, 0.5) is 4.39 Å². The molecule has 2 N–H and O–H groups in total. The van der Waals surface area contributed by atoms with E-state index in [0.717, 1.165) is 30.3 Å². The molecule has 3 aromatic rings. The fourth-order valence-corrected chi connectivity index (χ4v) is 2.84. The van der Waals surface area contributed by atoms with Crippen molar-refractivity contribution in [3.05, 3.63) is 59.0 Å². The lowest BCUT2D eigenvalue weighted by Crippen LogP contribution is -2.12. The standard InChI is InChI=1S/C17H13FN4O.ClH/c18-13-5-12-9-22(21-16(12)15(7-13)17(19)23)14-2-1-11-8-20-4-3-10(11)6-14;/h1-2,5-9H,3-4H2,(H2,19,23);1H. The number of carbonyl (C=O) groups is 1. The van der Waals surface area contributed by atoms with Crippen LogP contribution >= 0.6 is 12.4 Å². The Kier molecular flexibility index (Phi) is 4.07. The summed E-state index contributed by atoms with van der Waals surface area (Å²) in [5.74, 6) is -1.20. The zero-order valence-corrected chi connectivity index (χ0v) is 13.4. The number of aliphatic imine (C=N–C) groups is 1. The van der Waals surface area contributed by atoms with E-state index in [1.54, 1.807) is 10.9 Å². The van der Waals surface area contributed by atoms with E-state index in [2.05, 4.69) is 10.1 Å². The van der Waals surface area contributed by atoms with Gasteiger partial charge in [0.1, 0.15) is 11.3 Å². The molecule has 0 atom stereocenters. The molecule has 0 unspecified atom stereocenters. The number of hydrogen-bond acceptors (Lipinski definition) is 3. The van der Waals surface area contributed by atoms with Gasteiger partial charge in [-0.25, -0.2) is 9.07 Å². The van der Waals surface area contributed by atoms with E-state index in [1.165, 1.54) is 11.6 Å². The van der Waals surface area contributed by atoms with E-state index in [4.69, 9.17) is 5.73 Å². The highest BCUT2D eigenvalue weighted by molar-refractivity contribution is 6.04. The van der Waals surface area contributed by atoms with Gasteiger partial charge in [-0.3, -0.25) is 9.79 Å². The predicted molar refractivity (Wildman–Crippen MR) is 93.0 cm³/mol. The lowest BCUT2D eigenvalue weighted by atomic mass is 10.0. The Morgan fingerprint density at radius 2 is 2.08 bits per heavy atom. The van der Waals surface area contributed by atoms with E-state index in [0.29, 0.717) is 10.9 Å². The molecule has 0 aliphatic carbocycles. The molecule has 4 rings (SSSR count). The lowest BCUT2D eigenvalue weighted by molar-refractivity contribution is 0.100. The Hall–Kier alpha value is -2.73. The zero-order chi connectivity index (χ0) is 16.0. The number of nitrogens with two attached hydrogens (primary N) is 1. The number of aromatic nitrogens is 2. The summed E-state index contributed by atoms with van der Waals surface area (Å²) in [7, 11) is 0. The van der Waals surface area contributed by atoms with Crippen LogP contribution in [0.1, 0.15) is 21.5 Å². The molecule has 24 heavy (non-hydrogen) atoms. The summed E-state index contributed by atoms with van der Waals surface area (Å²) in [5.41, 5.74) is 8.95. The second-order valence-corrected chi connectivity index (χ2v) is 5.50. The number of halogens is 2. The summed E-state index contributed by atoms with van der Waals surface area (Å²) < 4.78 is 15.3. The van der Waals surface area contributed by atoms with Gasteiger partial charge in [0.15, 0.2) is 0 Å². The lowest BCUT2D eigenvalue weighted by Gasteiger charge is -2.11. The minimum absolute atomic E-state index is 0. The predicted octanol–water partition coefficient (Wildman–Crippen LogP) is 2.66. The van der Waals surface area contributed by atoms with Gasteiger partial charge in [0, 0.05) is 24.3 Å². The second-order valence-electron chi connectivity index (χ2n) is 5.50. The number of hydrogen-bond donors (Lipinski definition) is 1. The van der Waals surface area contributed by atoms with Gasteiger partial charge in [-0.15, -0.1) is 12.4 Å². The summed E-state index contributed by atoms with van der Waals surface area (Å²) >= 11 is 0. The molecule has 0 fully saturated rings. The molecular formula is C17H14ClFN4O. The minimum Gasteiger partial charge on any atom is -0.366 e. The number of amides is 1. The molecule has 1 aromatic heterocycles. The van der Waals surface area contributed by atoms with Crippen molar-refractivity contribution in [3.63, 3.8) is 0 Å². The third kappa shape index (κ3) is 2.65. The highest BCUT2D eigenvalue weighted by Gasteiger charge is 2.14. The number of nitrogens with zero attached hydrogens (tertiary/aromatic N) is 3. The Morgan fingerprint density at radius 3 is 2.88 bits per heavy atom. The number of rotatable bonds is 2. The molecule has 0 bridgehead atoms. The van der Waals surface area contributed by atoms with Crippen LogP contribution in [-0.2, 0) is 6.42 Å². The molecule has 1 aliphatic heterocycles. The average Bonchev–Trinajstić information content (AvgIpc) is 2.97. The molecule has 0 saturated carbocycles. The molecule has 7 heteroatoms. The first-order valence-electron chi connectivity index (χ1n) is 7.24. The molecule has 1 aliphatic rings. The maximum Gasteiger partial charge on any atom is 0.251 e. The molecule has 2 aromatic carbocycles. The van der Waals surface area contributed by atoms with Gasteiger partial charge >= 0.3 is 0 Å². The van der Waals surface area contributed by atoms with Crippen molar-refractivity contribution in [2.24, 2.45) is 10.7 Å². The molecule has 0 saturated heterocycles. The number of benzene rings is 2. The number of primary amides is 1. The number of carbonyl (C=O) groups excluding carboxylic acids is 1. The van der Waals surface area contributed by atoms with Crippen LogP contribution in [0, 0.1) is 5.82 Å². The van der Waals surface area contributed by atoms with Crippen LogP contribution in [0.3, 0.4) is 0 Å². The Bertz CT molecular complexity index is 980. The number of fused-ring (bicyclic) bond motifs is 2. The van der Waals surface area contributed by atoms with Crippen molar-refractivity contribution in [1.29, 1.82) is 0 Å². The van der Waals surface area contributed by atoms with Crippen molar-refractivity contribution < 1.29 is 9.18 Å². The smallest absolute Gasteiger partial charge is 0.251 e. The van der Waals surface area contributed by atoms with Gasteiger partial charge in [-0.2, -0.15) is 5.10 Å². The van der Waals surface area contributed by atoms with Gasteiger partial charge in [0.05, 0.1) is 11.3 Å². The van der Waals surface area contributed by atoms with Gasteiger partial charge < -0.3 is 5.73 Å². The third-order valence-corrected chi connectivity index (χ3v) is 3.97. The van der Waals surface area contributed by atoms with E-state index < -0.39 is 11.7 Å². The summed E-state index contributed by atoms with van der Waals surface area (Å²) in [4.78, 5) is 15.8. The normalized spacial score (nSPS) is 12.7. The topological polar surface area (TPSA) is 73.3 Å². The van der Waals surface area contributed by atoms with Crippen molar-refractivity contribution in [2.75, 3.05) is 6.54 Å². The van der Waals surface area contributed by atoms with Crippen LogP contribution in [0.2, 0.25) is 0 Å². The molecule has 122 valence electrons. The second kappa shape index (κ2) is 6.05. The van der Waals surface area contributed by atoms with E-state index in [-0.39, 0.29) is 18.0 Å². The van der Waals surface area contributed by atoms with Crippen molar-refractivity contribution in [2.45, 2.75) is 6.42 Å². The van der Waals surface area contributed by atoms with Crippen LogP contribution < -0.4 is 5.73 Å². The van der Waals surface area contributed by atoms with Gasteiger partial charge in [-0.05, 0) is 41.8 Å². The molecule has 5 nitrogen and oxygen atoms in total. The van der Waals surface area contributed by atoms with Crippen LogP contribution in [0.5, 0.6) is 0 Å². The summed E-state index contributed by atoms with van der Waals surface area (Å²) in [6, 6.07) is 8.39. The minimum atomic E-state index is -0.693. The van der Waals surface area contributed by atoms with E-state index in [1.807, 2.05) is 24.4 Å². The quantitative estimate of drug-likeness (QED) is 0.776. The van der Waals surface area contributed by atoms with E-state index >= 15 is 0 Å². The van der Waals surface area contributed by atoms with Crippen molar-refractivity contribution in [3.8, 4) is 5.69 Å². The highest BCUT2D eigenvalue weighted by Crippen LogP contribution is 2.23. The first kappa shape index (κ1) is 16.1. The van der Waals surface area contributed by atoms with Gasteiger partial charge in [-0.1, -0.05) is 6.07 Å². The molecule has 0 radical (unpaired) electrons. The van der Waals surface area contributed by atoms with Crippen molar-refractivity contribution >= 4 is 35.4 Å². The SMILES string of the molecule is Cl.NC(=O)c1cc(F)cc2cn(-c3ccc4c(c3)CCN=C4)nc12. The molecule has 2 heterocycles. The first-order chi connectivity index (χ1) is 11.1. The van der Waals surface area contributed by atoms with Crippen LogP contribution in [-0.4, -0.2) is 28.4 Å². The van der Waals surface area contributed by atoms with Crippen LogP contribution in [0.15, 0.2) is 41.5 Å². The van der Waals surface area contributed by atoms with Crippen LogP contribution in [0.25, 0.3) is 16.6 Å².